The number of rotatable bonds is 6. The molecule has 0 atom stereocenters. The summed E-state index contributed by atoms with van der Waals surface area (Å²) < 4.78 is 16.2. The van der Waals surface area contributed by atoms with E-state index in [2.05, 4.69) is 0 Å². The summed E-state index contributed by atoms with van der Waals surface area (Å²) >= 11 is 0. The molecule has 9 heteroatoms. The van der Waals surface area contributed by atoms with E-state index in [1.165, 1.54) is 26.4 Å². The summed E-state index contributed by atoms with van der Waals surface area (Å²) in [7, 11) is 4.10. The lowest BCUT2D eigenvalue weighted by atomic mass is 10.1. The SMILES string of the molecule is CCOC(=O)/C=C/c1c(C(=O)OC)c2c([N+](=O)[O-])c(OC)ccc2n1C. The Morgan fingerprint density at radius 1 is 1.31 bits per heavy atom. The number of aryl methyl sites for hydroxylation is 1. The van der Waals surface area contributed by atoms with Crippen molar-refractivity contribution in [1.29, 1.82) is 0 Å². The first kappa shape index (κ1) is 19.0. The quantitative estimate of drug-likeness (QED) is 0.336. The Morgan fingerprint density at radius 2 is 2.00 bits per heavy atom. The molecule has 26 heavy (non-hydrogen) atoms. The maximum Gasteiger partial charge on any atom is 0.340 e. The van der Waals surface area contributed by atoms with Crippen LogP contribution in [0, 0.1) is 10.1 Å². The molecule has 1 aromatic carbocycles. The van der Waals surface area contributed by atoms with Gasteiger partial charge in [0.05, 0.1) is 47.9 Å². The molecule has 2 aromatic rings. The number of carbonyl (C=O) groups excluding carboxylic acids is 2. The Hall–Kier alpha value is -3.36. The van der Waals surface area contributed by atoms with Gasteiger partial charge in [-0.1, -0.05) is 0 Å². The first-order valence-corrected chi connectivity index (χ1v) is 7.64. The first-order valence-electron chi connectivity index (χ1n) is 7.64. The van der Waals surface area contributed by atoms with Crippen molar-refractivity contribution < 1.29 is 28.7 Å². The molecule has 0 aliphatic heterocycles. The molecule has 0 spiro atoms. The van der Waals surface area contributed by atoms with Crippen molar-refractivity contribution in [2.45, 2.75) is 6.92 Å². The average molecular weight is 362 g/mol. The Labute approximate surface area is 148 Å². The van der Waals surface area contributed by atoms with Crippen LogP contribution < -0.4 is 4.74 Å². The summed E-state index contributed by atoms with van der Waals surface area (Å²) in [6, 6.07) is 3.04. The number of ether oxygens (including phenoxy) is 3. The van der Waals surface area contributed by atoms with Gasteiger partial charge in [-0.25, -0.2) is 9.59 Å². The summed E-state index contributed by atoms with van der Waals surface area (Å²) in [5.74, 6) is -1.35. The van der Waals surface area contributed by atoms with Gasteiger partial charge in [0, 0.05) is 13.1 Å². The molecule has 9 nitrogen and oxygen atoms in total. The van der Waals surface area contributed by atoms with Crippen molar-refractivity contribution in [1.82, 2.24) is 4.57 Å². The van der Waals surface area contributed by atoms with Gasteiger partial charge < -0.3 is 18.8 Å². The van der Waals surface area contributed by atoms with Crippen molar-refractivity contribution >= 4 is 34.6 Å². The number of fused-ring (bicyclic) bond motifs is 1. The van der Waals surface area contributed by atoms with Crippen LogP contribution in [0.2, 0.25) is 0 Å². The summed E-state index contributed by atoms with van der Waals surface area (Å²) in [6.07, 6.45) is 2.51. The highest BCUT2D eigenvalue weighted by molar-refractivity contribution is 6.12. The molecule has 0 bridgehead atoms. The van der Waals surface area contributed by atoms with Crippen LogP contribution in [0.25, 0.3) is 17.0 Å². The van der Waals surface area contributed by atoms with E-state index in [1.54, 1.807) is 24.6 Å². The van der Waals surface area contributed by atoms with Crippen LogP contribution in [0.3, 0.4) is 0 Å². The topological polar surface area (TPSA) is 110 Å². The third kappa shape index (κ3) is 3.23. The van der Waals surface area contributed by atoms with Crippen LogP contribution in [0.4, 0.5) is 5.69 Å². The highest BCUT2D eigenvalue weighted by Gasteiger charge is 2.30. The molecular formula is C17H18N2O7. The average Bonchev–Trinajstić information content (AvgIpc) is 2.90. The summed E-state index contributed by atoms with van der Waals surface area (Å²) in [4.78, 5) is 34.9. The molecule has 1 aromatic heterocycles. The monoisotopic (exact) mass is 362 g/mol. The molecule has 138 valence electrons. The maximum atomic E-state index is 12.4. The second-order valence-corrected chi connectivity index (χ2v) is 5.16. The molecule has 1 heterocycles. The molecule has 0 fully saturated rings. The van der Waals surface area contributed by atoms with E-state index in [1.807, 2.05) is 0 Å². The number of hydrogen-bond donors (Lipinski definition) is 0. The normalized spacial score (nSPS) is 10.9. The van der Waals surface area contributed by atoms with Crippen LogP contribution in [0.15, 0.2) is 18.2 Å². The van der Waals surface area contributed by atoms with Gasteiger partial charge in [0.25, 0.3) is 0 Å². The fourth-order valence-corrected chi connectivity index (χ4v) is 2.70. The van der Waals surface area contributed by atoms with Gasteiger partial charge in [0.15, 0.2) is 5.75 Å². The third-order valence-electron chi connectivity index (χ3n) is 3.80. The molecule has 2 rings (SSSR count). The van der Waals surface area contributed by atoms with E-state index in [4.69, 9.17) is 14.2 Å². The Morgan fingerprint density at radius 3 is 2.54 bits per heavy atom. The molecule has 0 unspecified atom stereocenters. The van der Waals surface area contributed by atoms with E-state index in [0.29, 0.717) is 5.52 Å². The highest BCUT2D eigenvalue weighted by Crippen LogP contribution is 2.40. The fourth-order valence-electron chi connectivity index (χ4n) is 2.70. The van der Waals surface area contributed by atoms with Gasteiger partial charge in [0.2, 0.25) is 0 Å². The smallest absolute Gasteiger partial charge is 0.340 e. The van der Waals surface area contributed by atoms with E-state index in [-0.39, 0.29) is 34.7 Å². The third-order valence-corrected chi connectivity index (χ3v) is 3.80. The minimum Gasteiger partial charge on any atom is -0.490 e. The highest BCUT2D eigenvalue weighted by atomic mass is 16.6. The van der Waals surface area contributed by atoms with Crippen molar-refractivity contribution in [3.63, 3.8) is 0 Å². The van der Waals surface area contributed by atoms with Crippen molar-refractivity contribution in [3.8, 4) is 5.75 Å². The Bertz CT molecular complexity index is 912. The number of hydrogen-bond acceptors (Lipinski definition) is 7. The molecule has 0 saturated heterocycles. The van der Waals surface area contributed by atoms with E-state index < -0.39 is 16.9 Å². The van der Waals surface area contributed by atoms with Crippen molar-refractivity contribution in [3.05, 3.63) is 39.6 Å². The van der Waals surface area contributed by atoms with Crippen LogP contribution in [-0.4, -0.2) is 42.3 Å². The van der Waals surface area contributed by atoms with Crippen molar-refractivity contribution in [2.24, 2.45) is 7.05 Å². The predicted octanol–water partition coefficient (Wildman–Crippen LogP) is 2.46. The zero-order valence-corrected chi connectivity index (χ0v) is 14.8. The molecule has 0 N–H and O–H groups in total. The Balaban J connectivity index is 2.86. The van der Waals surface area contributed by atoms with Crippen LogP contribution in [-0.2, 0) is 21.3 Å². The molecule has 0 amide bonds. The van der Waals surface area contributed by atoms with E-state index >= 15 is 0 Å². The second-order valence-electron chi connectivity index (χ2n) is 5.16. The predicted molar refractivity (Wildman–Crippen MR) is 93.1 cm³/mol. The number of nitrogens with zero attached hydrogens (tertiary/aromatic N) is 2. The number of nitro benzene ring substituents is 1. The standard InChI is InChI=1S/C17H18N2O7/c1-5-26-13(20)9-7-11-15(17(21)25-4)14-10(18(11)2)6-8-12(24-3)16(14)19(22)23/h6-9H,5H2,1-4H3/b9-7+. The number of carbonyl (C=O) groups is 2. The number of methoxy groups -OCH3 is 2. The molecule has 0 saturated carbocycles. The molecule has 0 radical (unpaired) electrons. The molecule has 0 aliphatic rings. The Kier molecular flexibility index (Phi) is 5.61. The summed E-state index contributed by atoms with van der Waals surface area (Å²) in [6.45, 7) is 1.86. The first-order chi connectivity index (χ1) is 12.4. The van der Waals surface area contributed by atoms with Gasteiger partial charge in [-0.2, -0.15) is 0 Å². The van der Waals surface area contributed by atoms with E-state index in [9.17, 15) is 19.7 Å². The van der Waals surface area contributed by atoms with Crippen LogP contribution in [0.1, 0.15) is 23.0 Å². The summed E-state index contributed by atoms with van der Waals surface area (Å²) in [5.41, 5.74) is 0.311. The minimum atomic E-state index is -0.768. The minimum absolute atomic E-state index is 0.0131. The maximum absolute atomic E-state index is 12.4. The zero-order valence-electron chi connectivity index (χ0n) is 14.8. The lowest BCUT2D eigenvalue weighted by Crippen LogP contribution is -2.05. The largest absolute Gasteiger partial charge is 0.490 e. The van der Waals surface area contributed by atoms with Crippen LogP contribution in [0.5, 0.6) is 5.75 Å². The fraction of sp³-hybridized carbons (Fsp3) is 0.294. The van der Waals surface area contributed by atoms with Gasteiger partial charge >= 0.3 is 17.6 Å². The number of benzene rings is 1. The zero-order chi connectivity index (χ0) is 19.4. The molecule has 0 aliphatic carbocycles. The van der Waals surface area contributed by atoms with Crippen LogP contribution >= 0.6 is 0 Å². The second kappa shape index (κ2) is 7.68. The molecular weight excluding hydrogens is 344 g/mol. The van der Waals surface area contributed by atoms with Gasteiger partial charge in [-0.3, -0.25) is 10.1 Å². The number of aromatic nitrogens is 1. The lowest BCUT2D eigenvalue weighted by Gasteiger charge is -2.04. The lowest BCUT2D eigenvalue weighted by molar-refractivity contribution is -0.384. The number of nitro groups is 1. The van der Waals surface area contributed by atoms with Crippen molar-refractivity contribution in [2.75, 3.05) is 20.8 Å². The van der Waals surface area contributed by atoms with Gasteiger partial charge in [-0.15, -0.1) is 0 Å². The van der Waals surface area contributed by atoms with Gasteiger partial charge in [0.1, 0.15) is 0 Å². The number of esters is 2. The van der Waals surface area contributed by atoms with E-state index in [0.717, 1.165) is 6.08 Å². The summed E-state index contributed by atoms with van der Waals surface area (Å²) in [5, 5.41) is 11.7. The van der Waals surface area contributed by atoms with Gasteiger partial charge in [-0.05, 0) is 25.1 Å².